The third-order valence-corrected chi connectivity index (χ3v) is 10.2. The molecule has 7 nitrogen and oxygen atoms in total. The zero-order chi connectivity index (χ0) is 29.3. The summed E-state index contributed by atoms with van der Waals surface area (Å²) in [5.41, 5.74) is 0.780. The molecule has 0 bridgehead atoms. The molecule has 3 aliphatic rings. The number of aromatic nitrogens is 1. The molecule has 2 fully saturated rings. The molecule has 2 aromatic carbocycles. The number of fused-ring (bicyclic) bond motifs is 3. The van der Waals surface area contributed by atoms with E-state index in [0.717, 1.165) is 41.5 Å². The lowest BCUT2D eigenvalue weighted by Crippen LogP contribution is -2.45. The molecule has 6 rings (SSSR count). The number of hydrogen-bond donors (Lipinski definition) is 1. The van der Waals surface area contributed by atoms with E-state index in [2.05, 4.69) is 11.1 Å². The Morgan fingerprint density at radius 3 is 2.71 bits per heavy atom. The van der Waals surface area contributed by atoms with E-state index in [1.165, 1.54) is 11.3 Å². The monoisotopic (exact) mass is 606 g/mol. The summed E-state index contributed by atoms with van der Waals surface area (Å²) in [5.74, 6) is -1.65. The van der Waals surface area contributed by atoms with Gasteiger partial charge in [0.2, 0.25) is 5.91 Å². The Hall–Kier alpha value is -3.23. The molecule has 42 heavy (non-hydrogen) atoms. The summed E-state index contributed by atoms with van der Waals surface area (Å²) in [5, 5.41) is 11.3. The Morgan fingerprint density at radius 2 is 1.93 bits per heavy atom. The van der Waals surface area contributed by atoms with E-state index in [4.69, 9.17) is 16.3 Å². The van der Waals surface area contributed by atoms with Crippen LogP contribution in [0.3, 0.4) is 0 Å². The minimum Gasteiger partial charge on any atom is -0.481 e. The maximum absolute atomic E-state index is 14.3. The average Bonchev–Trinajstić information content (AvgIpc) is 3.29. The second-order valence-electron chi connectivity index (χ2n) is 11.9. The predicted molar refractivity (Wildman–Crippen MR) is 163 cm³/mol. The van der Waals surface area contributed by atoms with Crippen LogP contribution in [-0.2, 0) is 20.8 Å². The van der Waals surface area contributed by atoms with Crippen LogP contribution in [0.15, 0.2) is 60.7 Å². The average molecular weight is 607 g/mol. The molecule has 3 aromatic rings. The fourth-order valence-corrected chi connectivity index (χ4v) is 7.56. The molecule has 1 N–H and O–H groups in total. The number of Topliss-reactive ketones (excluding diaryl/α,β-unsaturated/α-hetero) is 1. The van der Waals surface area contributed by atoms with E-state index in [1.807, 2.05) is 54.6 Å². The molecule has 0 radical (unpaired) electrons. The second-order valence-corrected chi connectivity index (χ2v) is 13.4. The Labute approximate surface area is 254 Å². The number of carboxylic acids is 1. The normalized spacial score (nSPS) is 29.3. The highest BCUT2D eigenvalue weighted by atomic mass is 35.5. The maximum atomic E-state index is 14.3. The molecule has 2 aliphatic heterocycles. The van der Waals surface area contributed by atoms with Crippen molar-refractivity contribution in [3.8, 4) is 5.19 Å². The van der Waals surface area contributed by atoms with Crippen LogP contribution in [0.2, 0.25) is 5.02 Å². The molecule has 1 aromatic heterocycles. The van der Waals surface area contributed by atoms with Gasteiger partial charge in [-0.1, -0.05) is 72.2 Å². The van der Waals surface area contributed by atoms with Crippen LogP contribution in [-0.4, -0.2) is 51.3 Å². The largest absolute Gasteiger partial charge is 0.481 e. The fourth-order valence-electron chi connectivity index (χ4n) is 6.56. The summed E-state index contributed by atoms with van der Waals surface area (Å²) in [7, 11) is 0. The van der Waals surface area contributed by atoms with Gasteiger partial charge in [-0.3, -0.25) is 14.4 Å². The zero-order valence-corrected chi connectivity index (χ0v) is 25.0. The van der Waals surface area contributed by atoms with Crippen molar-refractivity contribution < 1.29 is 24.2 Å². The number of aliphatic carboxylic acids is 1. The van der Waals surface area contributed by atoms with Crippen LogP contribution in [0.4, 0.5) is 0 Å². The smallest absolute Gasteiger partial charge is 0.310 e. The number of para-hydroxylation sites is 1. The summed E-state index contributed by atoms with van der Waals surface area (Å²) in [4.78, 5) is 46.8. The van der Waals surface area contributed by atoms with Gasteiger partial charge in [-0.2, -0.15) is 0 Å². The summed E-state index contributed by atoms with van der Waals surface area (Å²) >= 11 is 7.56. The molecular formula is C33H35ClN2O5S. The first-order valence-electron chi connectivity index (χ1n) is 14.8. The number of benzene rings is 2. The van der Waals surface area contributed by atoms with Gasteiger partial charge in [-0.15, -0.1) is 0 Å². The van der Waals surface area contributed by atoms with Gasteiger partial charge in [-0.05, 0) is 67.9 Å². The van der Waals surface area contributed by atoms with Crippen molar-refractivity contribution in [3.63, 3.8) is 0 Å². The van der Waals surface area contributed by atoms with E-state index in [9.17, 15) is 19.5 Å². The Bertz CT molecular complexity index is 1470. The van der Waals surface area contributed by atoms with Gasteiger partial charge >= 0.3 is 5.97 Å². The highest BCUT2D eigenvalue weighted by molar-refractivity contribution is 7.20. The van der Waals surface area contributed by atoms with Crippen LogP contribution in [0.1, 0.15) is 56.9 Å². The van der Waals surface area contributed by atoms with E-state index >= 15 is 0 Å². The third-order valence-electron chi connectivity index (χ3n) is 9.04. The predicted octanol–water partition coefficient (Wildman–Crippen LogP) is 6.73. The fraction of sp³-hybridized carbons (Fsp3) is 0.455. The van der Waals surface area contributed by atoms with E-state index < -0.39 is 23.5 Å². The summed E-state index contributed by atoms with van der Waals surface area (Å²) in [6.45, 7) is 0.270. The number of thiazole rings is 1. The Kier molecular flexibility index (Phi) is 8.37. The Morgan fingerprint density at radius 1 is 1.12 bits per heavy atom. The number of ketones is 1. The molecule has 5 atom stereocenters. The first-order chi connectivity index (χ1) is 20.3. The molecule has 0 spiro atoms. The number of nitrogens with zero attached hydrogens (tertiary/aromatic N) is 2. The van der Waals surface area contributed by atoms with E-state index in [0.29, 0.717) is 35.9 Å². The van der Waals surface area contributed by atoms with Crippen molar-refractivity contribution in [1.82, 2.24) is 9.88 Å². The number of carbonyl (C=O) groups is 3. The van der Waals surface area contributed by atoms with Crippen molar-refractivity contribution in [3.05, 3.63) is 71.3 Å². The van der Waals surface area contributed by atoms with Crippen molar-refractivity contribution >= 4 is 50.8 Å². The van der Waals surface area contributed by atoms with Gasteiger partial charge in [0.1, 0.15) is 6.10 Å². The highest BCUT2D eigenvalue weighted by Crippen LogP contribution is 2.57. The Balaban J connectivity index is 1.28. The third kappa shape index (κ3) is 6.11. The number of ether oxygens (including phenoxy) is 1. The van der Waals surface area contributed by atoms with Crippen molar-refractivity contribution in [2.45, 2.75) is 69.9 Å². The zero-order valence-electron chi connectivity index (χ0n) is 23.4. The van der Waals surface area contributed by atoms with Gasteiger partial charge in [0.05, 0.1) is 28.2 Å². The first kappa shape index (κ1) is 28.9. The molecule has 0 unspecified atom stereocenters. The van der Waals surface area contributed by atoms with Gasteiger partial charge < -0.3 is 14.7 Å². The van der Waals surface area contributed by atoms with Crippen molar-refractivity contribution in [2.24, 2.45) is 17.3 Å². The van der Waals surface area contributed by atoms with Gasteiger partial charge in [0, 0.05) is 23.8 Å². The molecule has 1 aliphatic carbocycles. The standard InChI is InChI=1S/C33H35ClN2O5S/c34-24-14-12-21(13-15-24)16-22-8-4-2-1-3-5-9-23-18-33(23,31(39)40)19-28(37)27-17-25(20-36(27)30(22)38)41-32-35-26-10-6-7-11-29(26)42-32/h5-7,9-15,22-23,25,27H,1-4,8,16-20H2,(H,39,40)/b9-5-/t22-,23+,25-,27+,33-/m1/s1. The lowest BCUT2D eigenvalue weighted by atomic mass is 9.90. The molecule has 3 heterocycles. The van der Waals surface area contributed by atoms with E-state index in [1.54, 1.807) is 4.90 Å². The van der Waals surface area contributed by atoms with Crippen LogP contribution < -0.4 is 4.74 Å². The summed E-state index contributed by atoms with van der Waals surface area (Å²) in [6, 6.07) is 14.6. The van der Waals surface area contributed by atoms with Gasteiger partial charge in [0.25, 0.3) is 5.19 Å². The molecular weight excluding hydrogens is 572 g/mol. The van der Waals surface area contributed by atoms with Gasteiger partial charge in [-0.25, -0.2) is 4.98 Å². The number of amides is 1. The number of carbonyl (C=O) groups excluding carboxylic acids is 2. The lowest BCUT2D eigenvalue weighted by molar-refractivity contribution is -0.147. The minimum atomic E-state index is -1.09. The molecule has 1 saturated heterocycles. The van der Waals surface area contributed by atoms with Crippen LogP contribution >= 0.6 is 22.9 Å². The number of hydrogen-bond acceptors (Lipinski definition) is 6. The molecule has 1 amide bonds. The highest BCUT2D eigenvalue weighted by Gasteiger charge is 2.61. The maximum Gasteiger partial charge on any atom is 0.310 e. The van der Waals surface area contributed by atoms with Crippen LogP contribution in [0.5, 0.6) is 5.19 Å². The number of allylic oxidation sites excluding steroid dienone is 2. The number of halogens is 1. The molecule has 1 saturated carbocycles. The molecule has 9 heteroatoms. The van der Waals surface area contributed by atoms with Gasteiger partial charge in [0.15, 0.2) is 5.78 Å². The quantitative estimate of drug-likeness (QED) is 0.324. The first-order valence-corrected chi connectivity index (χ1v) is 16.0. The summed E-state index contributed by atoms with van der Waals surface area (Å²) < 4.78 is 7.30. The van der Waals surface area contributed by atoms with E-state index in [-0.39, 0.29) is 36.5 Å². The topological polar surface area (TPSA) is 96.8 Å². The van der Waals surface area contributed by atoms with Crippen LogP contribution in [0.25, 0.3) is 10.2 Å². The minimum absolute atomic E-state index is 0.0663. The number of carboxylic acid groups (broad SMARTS) is 1. The number of rotatable bonds is 5. The summed E-state index contributed by atoms with van der Waals surface area (Å²) in [6.07, 6.45) is 9.35. The lowest BCUT2D eigenvalue weighted by Gasteiger charge is -2.29. The second kappa shape index (κ2) is 12.2. The SMILES string of the molecule is O=C1C[C@]2(C(=O)O)C[C@@H]2/C=C\CCCCC[C@H](Cc2ccc(Cl)cc2)C(=O)N2C[C@H](Oc3nc4ccccc4s3)C[C@@H]12. The van der Waals surface area contributed by atoms with Crippen molar-refractivity contribution in [2.75, 3.05) is 6.54 Å². The molecule has 220 valence electrons. The van der Waals surface area contributed by atoms with Crippen LogP contribution in [0, 0.1) is 17.3 Å². The van der Waals surface area contributed by atoms with Crippen molar-refractivity contribution in [1.29, 1.82) is 0 Å².